The number of nitrogens with one attached hydrogen (secondary N) is 2. The van der Waals surface area contributed by atoms with E-state index in [1.807, 2.05) is 10.6 Å². The zero-order valence-corrected chi connectivity index (χ0v) is 16.3. The smallest absolute Gasteiger partial charge is 0.396 e. The van der Waals surface area contributed by atoms with E-state index in [1.54, 1.807) is 0 Å². The molecular formula is C16H16ClF6N7. The Balaban J connectivity index is 2.56. The van der Waals surface area contributed by atoms with Gasteiger partial charge in [-0.3, -0.25) is 0 Å². The van der Waals surface area contributed by atoms with Gasteiger partial charge in [-0.15, -0.1) is 0 Å². The van der Waals surface area contributed by atoms with Crippen LogP contribution in [0.15, 0.2) is 12.6 Å². The van der Waals surface area contributed by atoms with Gasteiger partial charge in [0, 0.05) is 5.56 Å². The average molecular weight is 456 g/mol. The Bertz CT molecular complexity index is 891. The van der Waals surface area contributed by atoms with Crippen LogP contribution in [0.3, 0.4) is 0 Å². The van der Waals surface area contributed by atoms with E-state index < -0.39 is 36.3 Å². The molecule has 2 aromatic heterocycles. The Hall–Kier alpha value is -2.83. The van der Waals surface area contributed by atoms with Gasteiger partial charge in [-0.05, 0) is 19.9 Å². The normalized spacial score (nSPS) is 14.2. The van der Waals surface area contributed by atoms with Gasteiger partial charge in [0.05, 0.1) is 5.69 Å². The van der Waals surface area contributed by atoms with E-state index in [4.69, 9.17) is 17.3 Å². The number of alkyl halides is 6. The zero-order chi connectivity index (χ0) is 22.9. The summed E-state index contributed by atoms with van der Waals surface area (Å²) in [6.07, 6.45) is -7.97. The Kier molecular flexibility index (Phi) is 6.64. The van der Waals surface area contributed by atoms with Crippen LogP contribution in [0.1, 0.15) is 19.4 Å². The van der Waals surface area contributed by atoms with E-state index in [0.29, 0.717) is 5.56 Å². The Morgan fingerprint density at radius 1 is 0.967 bits per heavy atom. The SMILES string of the molecule is C=Cc1cc(-c2nc(N[C@H](C)C(F)(F)F)nc(N[C@H](C)C(F)(F)F)n2)nc(Cl)c1N. The third-order valence-corrected chi connectivity index (χ3v) is 4.09. The molecule has 164 valence electrons. The molecule has 2 heterocycles. The van der Waals surface area contributed by atoms with Gasteiger partial charge in [0.15, 0.2) is 11.0 Å². The molecule has 30 heavy (non-hydrogen) atoms. The molecule has 0 amide bonds. The van der Waals surface area contributed by atoms with Crippen LogP contribution in [0.2, 0.25) is 5.15 Å². The molecule has 0 aliphatic rings. The van der Waals surface area contributed by atoms with Crippen molar-refractivity contribution in [2.24, 2.45) is 0 Å². The van der Waals surface area contributed by atoms with E-state index in [-0.39, 0.29) is 22.4 Å². The van der Waals surface area contributed by atoms with Crippen molar-refractivity contribution in [1.29, 1.82) is 0 Å². The highest BCUT2D eigenvalue weighted by Crippen LogP contribution is 2.29. The van der Waals surface area contributed by atoms with Crippen molar-refractivity contribution < 1.29 is 26.3 Å². The van der Waals surface area contributed by atoms with Crippen LogP contribution in [0.5, 0.6) is 0 Å². The molecule has 0 saturated carbocycles. The summed E-state index contributed by atoms with van der Waals surface area (Å²) < 4.78 is 77.2. The quantitative estimate of drug-likeness (QED) is 0.434. The largest absolute Gasteiger partial charge is 0.408 e. The second-order valence-corrected chi connectivity index (χ2v) is 6.48. The minimum absolute atomic E-state index is 0.0584. The fourth-order valence-corrected chi connectivity index (χ4v) is 2.20. The third-order valence-electron chi connectivity index (χ3n) is 3.80. The van der Waals surface area contributed by atoms with Crippen molar-refractivity contribution >= 4 is 35.3 Å². The van der Waals surface area contributed by atoms with Gasteiger partial charge >= 0.3 is 12.4 Å². The molecule has 4 N–H and O–H groups in total. The molecule has 0 bridgehead atoms. The summed E-state index contributed by atoms with van der Waals surface area (Å²) in [5.41, 5.74) is 6.08. The Labute approximate surface area is 171 Å². The lowest BCUT2D eigenvalue weighted by Gasteiger charge is -2.20. The van der Waals surface area contributed by atoms with Crippen LogP contribution in [0.4, 0.5) is 43.9 Å². The van der Waals surface area contributed by atoms with Crippen molar-refractivity contribution in [3.05, 3.63) is 23.4 Å². The number of nitrogens with two attached hydrogens (primary N) is 1. The van der Waals surface area contributed by atoms with E-state index in [2.05, 4.69) is 26.5 Å². The van der Waals surface area contributed by atoms with Gasteiger partial charge in [-0.1, -0.05) is 24.3 Å². The fraction of sp³-hybridized carbons (Fsp3) is 0.375. The molecule has 0 fully saturated rings. The first-order valence-corrected chi connectivity index (χ1v) is 8.61. The molecule has 2 aromatic rings. The molecule has 14 heteroatoms. The predicted octanol–water partition coefficient (Wildman–Crippen LogP) is 4.54. The fourth-order valence-electron chi connectivity index (χ4n) is 2.00. The summed E-state index contributed by atoms with van der Waals surface area (Å²) in [4.78, 5) is 15.2. The first kappa shape index (κ1) is 23.4. The molecule has 0 radical (unpaired) electrons. The predicted molar refractivity (Wildman–Crippen MR) is 101 cm³/mol. The van der Waals surface area contributed by atoms with E-state index in [0.717, 1.165) is 13.8 Å². The van der Waals surface area contributed by atoms with Crippen molar-refractivity contribution in [3.8, 4) is 11.5 Å². The number of anilines is 3. The van der Waals surface area contributed by atoms with Crippen LogP contribution < -0.4 is 16.4 Å². The monoisotopic (exact) mass is 455 g/mol. The topological polar surface area (TPSA) is 102 Å². The number of hydrogen-bond donors (Lipinski definition) is 3. The van der Waals surface area contributed by atoms with Crippen molar-refractivity contribution in [2.75, 3.05) is 16.4 Å². The summed E-state index contributed by atoms with van der Waals surface area (Å²) in [6.45, 7) is 5.13. The molecule has 7 nitrogen and oxygen atoms in total. The highest BCUT2D eigenvalue weighted by atomic mass is 35.5. The highest BCUT2D eigenvalue weighted by Gasteiger charge is 2.38. The molecule has 2 rings (SSSR count). The van der Waals surface area contributed by atoms with Gasteiger partial charge < -0.3 is 16.4 Å². The second-order valence-electron chi connectivity index (χ2n) is 6.13. The molecule has 0 spiro atoms. The maximum atomic E-state index is 12.9. The lowest BCUT2D eigenvalue weighted by Crippen LogP contribution is -2.35. The van der Waals surface area contributed by atoms with Gasteiger partial charge in [-0.25, -0.2) is 4.98 Å². The van der Waals surface area contributed by atoms with Crippen LogP contribution in [0, 0.1) is 0 Å². The molecule has 0 saturated heterocycles. The van der Waals surface area contributed by atoms with Crippen LogP contribution in [-0.2, 0) is 0 Å². The van der Waals surface area contributed by atoms with Gasteiger partial charge in [0.1, 0.15) is 17.8 Å². The lowest BCUT2D eigenvalue weighted by molar-refractivity contribution is -0.139. The molecule has 0 aliphatic carbocycles. The van der Waals surface area contributed by atoms with E-state index in [9.17, 15) is 26.3 Å². The summed E-state index contributed by atoms with van der Waals surface area (Å²) in [5, 5.41) is 3.80. The zero-order valence-electron chi connectivity index (χ0n) is 15.5. The number of hydrogen-bond acceptors (Lipinski definition) is 7. The number of nitrogens with zero attached hydrogens (tertiary/aromatic N) is 4. The molecule has 0 aliphatic heterocycles. The summed E-state index contributed by atoms with van der Waals surface area (Å²) in [6, 6.07) is -2.85. The van der Waals surface area contributed by atoms with Crippen molar-refractivity contribution in [3.63, 3.8) is 0 Å². The Morgan fingerprint density at radius 2 is 1.43 bits per heavy atom. The van der Waals surface area contributed by atoms with Crippen LogP contribution >= 0.6 is 11.6 Å². The summed E-state index contributed by atoms with van der Waals surface area (Å²) in [5.74, 6) is -1.56. The number of pyridine rings is 1. The van der Waals surface area contributed by atoms with Crippen molar-refractivity contribution in [2.45, 2.75) is 38.3 Å². The van der Waals surface area contributed by atoms with E-state index in [1.165, 1.54) is 12.1 Å². The van der Waals surface area contributed by atoms with Crippen LogP contribution in [-0.4, -0.2) is 44.4 Å². The van der Waals surface area contributed by atoms with Crippen LogP contribution in [0.25, 0.3) is 17.6 Å². The van der Waals surface area contributed by atoms with Gasteiger partial charge in [-0.2, -0.15) is 41.3 Å². The first-order chi connectivity index (χ1) is 13.7. The maximum Gasteiger partial charge on any atom is 0.408 e. The lowest BCUT2D eigenvalue weighted by atomic mass is 10.2. The van der Waals surface area contributed by atoms with Gasteiger partial charge in [0.25, 0.3) is 0 Å². The number of nitrogen functional groups attached to an aromatic ring is 1. The van der Waals surface area contributed by atoms with E-state index >= 15 is 0 Å². The van der Waals surface area contributed by atoms with Gasteiger partial charge in [0.2, 0.25) is 11.9 Å². The minimum Gasteiger partial charge on any atom is -0.396 e. The maximum absolute atomic E-state index is 12.9. The highest BCUT2D eigenvalue weighted by molar-refractivity contribution is 6.32. The standard InChI is InChI=1S/C16H16ClF6N7/c1-4-8-5-9(27-11(17)10(8)24)12-28-13(25-6(2)15(18,19)20)30-14(29-12)26-7(3)16(21,22)23/h4-7H,1,24H2,2-3H3,(H2,25,26,28,29,30)/t6-,7-/m1/s1. The van der Waals surface area contributed by atoms with Crippen molar-refractivity contribution in [1.82, 2.24) is 19.9 Å². The minimum atomic E-state index is -4.65. The summed E-state index contributed by atoms with van der Waals surface area (Å²) >= 11 is 5.93. The summed E-state index contributed by atoms with van der Waals surface area (Å²) in [7, 11) is 0. The molecule has 0 aromatic carbocycles. The number of rotatable bonds is 6. The average Bonchev–Trinajstić information content (AvgIpc) is 2.62. The molecule has 2 atom stereocenters. The number of aromatic nitrogens is 4. The Morgan fingerprint density at radius 3 is 1.83 bits per heavy atom. The third kappa shape index (κ3) is 5.62. The number of halogens is 7. The molecule has 0 unspecified atom stereocenters. The second kappa shape index (κ2) is 8.50. The molecular weight excluding hydrogens is 440 g/mol. The first-order valence-electron chi connectivity index (χ1n) is 8.23.